The van der Waals surface area contributed by atoms with Gasteiger partial charge in [0.25, 0.3) is 0 Å². The highest BCUT2D eigenvalue weighted by Gasteiger charge is 2.11. The summed E-state index contributed by atoms with van der Waals surface area (Å²) in [5.41, 5.74) is 10.5. The monoisotopic (exact) mass is 204 g/mol. The van der Waals surface area contributed by atoms with Crippen LogP contribution in [0.25, 0.3) is 0 Å². The Morgan fingerprint density at radius 3 is 2.27 bits per heavy atom. The number of benzene rings is 1. The molecule has 0 aliphatic heterocycles. The number of hydrogen-bond donors (Lipinski definition) is 2. The van der Waals surface area contributed by atoms with Crippen LogP contribution in [0.5, 0.6) is 0 Å². The molecule has 0 aliphatic rings. The lowest BCUT2D eigenvalue weighted by molar-refractivity contribution is 0.700. The Morgan fingerprint density at radius 1 is 1.33 bits per heavy atom. The molecule has 0 fully saturated rings. The van der Waals surface area contributed by atoms with E-state index < -0.39 is 0 Å². The molecular weight excluding hydrogens is 184 g/mol. The molecule has 0 saturated carbocycles. The van der Waals surface area contributed by atoms with Gasteiger partial charge in [0.2, 0.25) is 0 Å². The van der Waals surface area contributed by atoms with E-state index in [-0.39, 0.29) is 6.04 Å². The SMILES string of the molecule is CNC(/C=C(/C)N)c1c(C)cccc1C. The van der Waals surface area contributed by atoms with Gasteiger partial charge in [-0.3, -0.25) is 0 Å². The fraction of sp³-hybridized carbons (Fsp3) is 0.385. The lowest BCUT2D eigenvalue weighted by Gasteiger charge is -2.18. The molecule has 0 heterocycles. The second kappa shape index (κ2) is 4.99. The fourth-order valence-corrected chi connectivity index (χ4v) is 1.89. The van der Waals surface area contributed by atoms with Crippen molar-refractivity contribution in [2.75, 3.05) is 7.05 Å². The van der Waals surface area contributed by atoms with Crippen molar-refractivity contribution in [2.45, 2.75) is 26.8 Å². The maximum absolute atomic E-state index is 5.73. The van der Waals surface area contributed by atoms with Gasteiger partial charge in [-0.2, -0.15) is 0 Å². The molecule has 1 unspecified atom stereocenters. The second-order valence-corrected chi connectivity index (χ2v) is 3.98. The van der Waals surface area contributed by atoms with Crippen molar-refractivity contribution in [2.24, 2.45) is 5.73 Å². The third kappa shape index (κ3) is 2.83. The maximum Gasteiger partial charge on any atom is 0.0528 e. The zero-order valence-electron chi connectivity index (χ0n) is 9.96. The topological polar surface area (TPSA) is 38.0 Å². The summed E-state index contributed by atoms with van der Waals surface area (Å²) in [5.74, 6) is 0. The van der Waals surface area contributed by atoms with E-state index in [2.05, 4.69) is 43.4 Å². The van der Waals surface area contributed by atoms with E-state index in [1.165, 1.54) is 16.7 Å². The van der Waals surface area contributed by atoms with Gasteiger partial charge >= 0.3 is 0 Å². The first-order valence-corrected chi connectivity index (χ1v) is 5.23. The molecule has 82 valence electrons. The highest BCUT2D eigenvalue weighted by atomic mass is 14.9. The summed E-state index contributed by atoms with van der Waals surface area (Å²) < 4.78 is 0. The third-order valence-electron chi connectivity index (χ3n) is 2.59. The summed E-state index contributed by atoms with van der Waals surface area (Å²) in [4.78, 5) is 0. The van der Waals surface area contributed by atoms with E-state index in [0.29, 0.717) is 0 Å². The molecule has 2 nitrogen and oxygen atoms in total. The predicted octanol–water partition coefficient (Wildman–Crippen LogP) is 2.43. The lowest BCUT2D eigenvalue weighted by atomic mass is 9.95. The summed E-state index contributed by atoms with van der Waals surface area (Å²) in [7, 11) is 1.95. The highest BCUT2D eigenvalue weighted by molar-refractivity contribution is 5.38. The molecule has 1 aromatic carbocycles. The molecule has 0 amide bonds. The van der Waals surface area contributed by atoms with Crippen molar-refractivity contribution in [1.82, 2.24) is 5.32 Å². The van der Waals surface area contributed by atoms with Gasteiger partial charge in [-0.15, -0.1) is 0 Å². The van der Waals surface area contributed by atoms with Crippen molar-refractivity contribution in [3.63, 3.8) is 0 Å². The molecular formula is C13H20N2. The Bertz CT molecular complexity index is 343. The zero-order valence-corrected chi connectivity index (χ0v) is 9.96. The van der Waals surface area contributed by atoms with Crippen LogP contribution in [0, 0.1) is 13.8 Å². The van der Waals surface area contributed by atoms with E-state index in [0.717, 1.165) is 5.70 Å². The van der Waals surface area contributed by atoms with Crippen LogP contribution in [0.1, 0.15) is 29.7 Å². The maximum atomic E-state index is 5.73. The molecule has 15 heavy (non-hydrogen) atoms. The van der Waals surface area contributed by atoms with Gasteiger partial charge in [0, 0.05) is 5.70 Å². The van der Waals surface area contributed by atoms with Crippen molar-refractivity contribution in [1.29, 1.82) is 0 Å². The van der Waals surface area contributed by atoms with Crippen LogP contribution in [0.2, 0.25) is 0 Å². The molecule has 1 rings (SSSR count). The summed E-state index contributed by atoms with van der Waals surface area (Å²) in [6, 6.07) is 6.55. The van der Waals surface area contributed by atoms with Gasteiger partial charge in [-0.1, -0.05) is 18.2 Å². The molecule has 3 N–H and O–H groups in total. The van der Waals surface area contributed by atoms with Crippen LogP contribution in [-0.2, 0) is 0 Å². The van der Waals surface area contributed by atoms with Crippen LogP contribution in [0.4, 0.5) is 0 Å². The number of rotatable bonds is 3. The first kappa shape index (κ1) is 11.8. The van der Waals surface area contributed by atoms with Crippen LogP contribution in [0.3, 0.4) is 0 Å². The molecule has 1 aromatic rings. The van der Waals surface area contributed by atoms with Gasteiger partial charge in [0.15, 0.2) is 0 Å². The number of allylic oxidation sites excluding steroid dienone is 1. The van der Waals surface area contributed by atoms with Gasteiger partial charge in [0.1, 0.15) is 0 Å². The largest absolute Gasteiger partial charge is 0.402 e. The fourth-order valence-electron chi connectivity index (χ4n) is 1.89. The smallest absolute Gasteiger partial charge is 0.0528 e. The summed E-state index contributed by atoms with van der Waals surface area (Å²) in [6.45, 7) is 6.18. The van der Waals surface area contributed by atoms with Gasteiger partial charge < -0.3 is 11.1 Å². The number of nitrogens with two attached hydrogens (primary N) is 1. The second-order valence-electron chi connectivity index (χ2n) is 3.98. The summed E-state index contributed by atoms with van der Waals surface area (Å²) in [6.07, 6.45) is 2.05. The van der Waals surface area contributed by atoms with E-state index in [4.69, 9.17) is 5.73 Å². The third-order valence-corrected chi connectivity index (χ3v) is 2.59. The first-order valence-electron chi connectivity index (χ1n) is 5.23. The number of likely N-dealkylation sites (N-methyl/N-ethyl adjacent to an activating group) is 1. The molecule has 0 aromatic heterocycles. The molecule has 0 bridgehead atoms. The van der Waals surface area contributed by atoms with Crippen molar-refractivity contribution < 1.29 is 0 Å². The van der Waals surface area contributed by atoms with E-state index in [1.807, 2.05) is 14.0 Å². The summed E-state index contributed by atoms with van der Waals surface area (Å²) in [5, 5.41) is 3.27. The summed E-state index contributed by atoms with van der Waals surface area (Å²) >= 11 is 0. The Balaban J connectivity index is 3.17. The molecule has 0 aliphatic carbocycles. The average Bonchev–Trinajstić information content (AvgIpc) is 2.15. The average molecular weight is 204 g/mol. The van der Waals surface area contributed by atoms with Crippen LogP contribution >= 0.6 is 0 Å². The zero-order chi connectivity index (χ0) is 11.4. The Labute approximate surface area is 92.2 Å². The molecule has 2 heteroatoms. The first-order chi connectivity index (χ1) is 7.06. The van der Waals surface area contributed by atoms with Gasteiger partial charge in [-0.05, 0) is 50.6 Å². The quantitative estimate of drug-likeness (QED) is 0.793. The normalized spacial score (nSPS) is 14.0. The number of nitrogens with one attached hydrogen (secondary N) is 1. The number of aryl methyl sites for hydroxylation is 2. The molecule has 1 atom stereocenters. The Hall–Kier alpha value is -1.28. The van der Waals surface area contributed by atoms with E-state index in [1.54, 1.807) is 0 Å². The molecule has 0 saturated heterocycles. The predicted molar refractivity (Wildman–Crippen MR) is 65.7 cm³/mol. The van der Waals surface area contributed by atoms with Gasteiger partial charge in [0.05, 0.1) is 6.04 Å². The molecule has 0 spiro atoms. The van der Waals surface area contributed by atoms with Crippen molar-refractivity contribution in [3.8, 4) is 0 Å². The lowest BCUT2D eigenvalue weighted by Crippen LogP contribution is -2.17. The minimum atomic E-state index is 0.205. The highest BCUT2D eigenvalue weighted by Crippen LogP contribution is 2.22. The Morgan fingerprint density at radius 2 is 1.87 bits per heavy atom. The van der Waals surface area contributed by atoms with Crippen molar-refractivity contribution >= 4 is 0 Å². The van der Waals surface area contributed by atoms with Gasteiger partial charge in [-0.25, -0.2) is 0 Å². The molecule has 0 radical (unpaired) electrons. The Kier molecular flexibility index (Phi) is 3.92. The van der Waals surface area contributed by atoms with Crippen LogP contribution in [-0.4, -0.2) is 7.05 Å². The standard InChI is InChI=1S/C13H20N2/c1-9-6-5-7-10(2)13(9)12(15-4)8-11(3)14/h5-8,12,15H,14H2,1-4H3/b11-8-. The van der Waals surface area contributed by atoms with Crippen LogP contribution in [0.15, 0.2) is 30.0 Å². The number of hydrogen-bond acceptors (Lipinski definition) is 2. The van der Waals surface area contributed by atoms with Crippen molar-refractivity contribution in [3.05, 3.63) is 46.7 Å². The van der Waals surface area contributed by atoms with E-state index in [9.17, 15) is 0 Å². The van der Waals surface area contributed by atoms with Crippen LogP contribution < -0.4 is 11.1 Å². The minimum absolute atomic E-state index is 0.205. The van der Waals surface area contributed by atoms with E-state index >= 15 is 0 Å². The minimum Gasteiger partial charge on any atom is -0.402 e.